The Morgan fingerprint density at radius 1 is 1.30 bits per heavy atom. The Bertz CT molecular complexity index is 896. The number of rotatable bonds is 9. The number of benzene rings is 1. The van der Waals surface area contributed by atoms with Gasteiger partial charge in [-0.1, -0.05) is 54.7 Å². The van der Waals surface area contributed by atoms with Crippen molar-refractivity contribution in [1.29, 1.82) is 5.26 Å². The lowest BCUT2D eigenvalue weighted by Gasteiger charge is -2.29. The molecule has 0 fully saturated rings. The zero-order valence-corrected chi connectivity index (χ0v) is 18.4. The van der Waals surface area contributed by atoms with E-state index in [9.17, 15) is 14.9 Å². The minimum Gasteiger partial charge on any atom is -0.458 e. The number of nitrogens with zero attached hydrogens (tertiary/aromatic N) is 2. The van der Waals surface area contributed by atoms with Crippen LogP contribution in [0.1, 0.15) is 32.3 Å². The van der Waals surface area contributed by atoms with E-state index < -0.39 is 11.9 Å². The first-order chi connectivity index (χ1) is 14.5. The summed E-state index contributed by atoms with van der Waals surface area (Å²) in [6, 6.07) is 11.6. The molecular formula is C23H27N3O3S. The second-order valence-corrected chi connectivity index (χ2v) is 7.59. The van der Waals surface area contributed by atoms with Crippen LogP contribution in [-0.4, -0.2) is 42.2 Å². The molecule has 0 radical (unpaired) electrons. The largest absolute Gasteiger partial charge is 0.458 e. The Kier molecular flexibility index (Phi) is 8.75. The van der Waals surface area contributed by atoms with E-state index in [1.807, 2.05) is 44.2 Å². The summed E-state index contributed by atoms with van der Waals surface area (Å²) in [5.74, 6) is -0.850. The molecule has 6 nitrogen and oxygen atoms in total. The molecule has 1 amide bonds. The lowest BCUT2D eigenvalue weighted by atomic mass is 9.82. The number of nitriles is 1. The number of amides is 1. The predicted octanol–water partition coefficient (Wildman–Crippen LogP) is 3.71. The number of hydrogen-bond acceptors (Lipinski definition) is 6. The third-order valence-corrected chi connectivity index (χ3v) is 5.79. The molecule has 1 atom stereocenters. The Labute approximate surface area is 182 Å². The molecule has 30 heavy (non-hydrogen) atoms. The maximum atomic E-state index is 12.8. The van der Waals surface area contributed by atoms with E-state index in [2.05, 4.69) is 18.0 Å². The molecule has 1 aromatic rings. The number of ether oxygens (including phenoxy) is 1. The number of hydrogen-bond donors (Lipinski definition) is 1. The SMILES string of the molecule is C=CCOC(=O)C1=C(C)NC(SCC(=O)N(CC)CC)=C(C#N)[C@@H]1c1ccccc1. The Balaban J connectivity index is 2.43. The van der Waals surface area contributed by atoms with Crippen LogP contribution in [0.2, 0.25) is 0 Å². The summed E-state index contributed by atoms with van der Waals surface area (Å²) in [4.78, 5) is 27.0. The number of nitrogens with one attached hydrogen (secondary N) is 1. The predicted molar refractivity (Wildman–Crippen MR) is 119 cm³/mol. The van der Waals surface area contributed by atoms with Crippen molar-refractivity contribution in [3.8, 4) is 6.07 Å². The molecule has 0 unspecified atom stereocenters. The molecule has 0 bridgehead atoms. The van der Waals surface area contributed by atoms with Gasteiger partial charge in [-0.2, -0.15) is 5.26 Å². The fourth-order valence-corrected chi connectivity index (χ4v) is 4.28. The van der Waals surface area contributed by atoms with Crippen molar-refractivity contribution in [2.75, 3.05) is 25.4 Å². The van der Waals surface area contributed by atoms with Gasteiger partial charge in [0.2, 0.25) is 5.91 Å². The minimum atomic E-state index is -0.569. The molecule has 158 valence electrons. The Morgan fingerprint density at radius 3 is 2.53 bits per heavy atom. The first-order valence-electron chi connectivity index (χ1n) is 9.83. The highest BCUT2D eigenvalue weighted by Crippen LogP contribution is 2.40. The topological polar surface area (TPSA) is 82.4 Å². The van der Waals surface area contributed by atoms with Crippen molar-refractivity contribution >= 4 is 23.6 Å². The maximum absolute atomic E-state index is 12.8. The molecule has 1 heterocycles. The van der Waals surface area contributed by atoms with Gasteiger partial charge in [0.15, 0.2) is 0 Å². The van der Waals surface area contributed by atoms with Gasteiger partial charge >= 0.3 is 5.97 Å². The van der Waals surface area contributed by atoms with Crippen LogP contribution in [0, 0.1) is 11.3 Å². The molecule has 1 aliphatic heterocycles. The third kappa shape index (κ3) is 5.33. The van der Waals surface area contributed by atoms with Crippen LogP contribution < -0.4 is 5.32 Å². The lowest BCUT2D eigenvalue weighted by Crippen LogP contribution is -2.33. The quantitative estimate of drug-likeness (QED) is 0.480. The van der Waals surface area contributed by atoms with Gasteiger partial charge in [-0.25, -0.2) is 4.79 Å². The Hall–Kier alpha value is -2.98. The molecule has 0 aromatic heterocycles. The molecule has 0 saturated heterocycles. The minimum absolute atomic E-state index is 0.00525. The summed E-state index contributed by atoms with van der Waals surface area (Å²) in [6.45, 7) is 10.6. The first-order valence-corrected chi connectivity index (χ1v) is 10.8. The van der Waals surface area contributed by atoms with Crippen molar-refractivity contribution in [2.45, 2.75) is 26.7 Å². The average molecular weight is 426 g/mol. The van der Waals surface area contributed by atoms with Gasteiger partial charge in [-0.05, 0) is 26.3 Å². The molecule has 2 rings (SSSR count). The van der Waals surface area contributed by atoms with E-state index in [1.54, 1.807) is 11.8 Å². The van der Waals surface area contributed by atoms with Gasteiger partial charge in [0.1, 0.15) is 6.61 Å². The number of allylic oxidation sites excluding steroid dienone is 2. The maximum Gasteiger partial charge on any atom is 0.337 e. The fraction of sp³-hybridized carbons (Fsp3) is 0.348. The van der Waals surface area contributed by atoms with Crippen LogP contribution in [0.4, 0.5) is 0 Å². The summed E-state index contributed by atoms with van der Waals surface area (Å²) in [7, 11) is 0. The zero-order valence-electron chi connectivity index (χ0n) is 17.6. The second-order valence-electron chi connectivity index (χ2n) is 6.60. The molecule has 0 aliphatic carbocycles. The summed E-state index contributed by atoms with van der Waals surface area (Å²) < 4.78 is 5.29. The molecule has 1 aliphatic rings. The summed E-state index contributed by atoms with van der Waals surface area (Å²) in [5.41, 5.74) is 2.21. The van der Waals surface area contributed by atoms with Gasteiger partial charge in [0.25, 0.3) is 0 Å². The summed E-state index contributed by atoms with van der Waals surface area (Å²) in [6.07, 6.45) is 1.50. The monoisotopic (exact) mass is 425 g/mol. The van der Waals surface area contributed by atoms with Crippen LogP contribution >= 0.6 is 11.8 Å². The third-order valence-electron chi connectivity index (χ3n) is 4.79. The number of carbonyl (C=O) groups excluding carboxylic acids is 2. The molecule has 0 saturated carbocycles. The average Bonchev–Trinajstić information content (AvgIpc) is 2.76. The van der Waals surface area contributed by atoms with E-state index in [0.717, 1.165) is 5.56 Å². The molecule has 1 N–H and O–H groups in total. The van der Waals surface area contributed by atoms with E-state index in [4.69, 9.17) is 4.74 Å². The van der Waals surface area contributed by atoms with Crippen molar-refractivity contribution < 1.29 is 14.3 Å². The van der Waals surface area contributed by atoms with Gasteiger partial charge in [-0.15, -0.1) is 0 Å². The summed E-state index contributed by atoms with van der Waals surface area (Å²) >= 11 is 1.28. The van der Waals surface area contributed by atoms with E-state index in [1.165, 1.54) is 17.8 Å². The molecule has 1 aromatic carbocycles. The highest BCUT2D eigenvalue weighted by atomic mass is 32.2. The standard InChI is InChI=1S/C23H27N3O3S/c1-5-13-29-23(28)20-16(4)25-22(30-15-19(27)26(6-2)7-3)18(14-24)21(20)17-11-9-8-10-12-17/h5,8-12,21,25H,1,6-7,13,15H2,2-4H3/t21-/m0/s1. The van der Waals surface area contributed by atoms with E-state index >= 15 is 0 Å². The van der Waals surface area contributed by atoms with Gasteiger partial charge < -0.3 is 15.0 Å². The van der Waals surface area contributed by atoms with Crippen molar-refractivity contribution in [2.24, 2.45) is 0 Å². The normalized spacial score (nSPS) is 15.9. The lowest BCUT2D eigenvalue weighted by molar-refractivity contribution is -0.138. The van der Waals surface area contributed by atoms with E-state index in [-0.39, 0.29) is 18.3 Å². The number of carbonyl (C=O) groups is 2. The highest BCUT2D eigenvalue weighted by Gasteiger charge is 2.35. The highest BCUT2D eigenvalue weighted by molar-refractivity contribution is 8.03. The van der Waals surface area contributed by atoms with Gasteiger partial charge in [0.05, 0.1) is 33.9 Å². The second kappa shape index (κ2) is 11.3. The van der Waals surface area contributed by atoms with Gasteiger partial charge in [-0.3, -0.25) is 4.79 Å². The van der Waals surface area contributed by atoms with Crippen molar-refractivity contribution in [3.05, 3.63) is 70.4 Å². The van der Waals surface area contributed by atoms with Crippen LogP contribution in [0.5, 0.6) is 0 Å². The molecule has 7 heteroatoms. The van der Waals surface area contributed by atoms with Gasteiger partial charge in [0, 0.05) is 18.8 Å². The molecular weight excluding hydrogens is 398 g/mol. The first kappa shape index (κ1) is 23.3. The number of thioether (sulfide) groups is 1. The Morgan fingerprint density at radius 2 is 1.97 bits per heavy atom. The molecule has 0 spiro atoms. The summed E-state index contributed by atoms with van der Waals surface area (Å²) in [5, 5.41) is 13.7. The van der Waals surface area contributed by atoms with Crippen LogP contribution in [0.25, 0.3) is 0 Å². The smallest absolute Gasteiger partial charge is 0.337 e. The van der Waals surface area contributed by atoms with Crippen molar-refractivity contribution in [1.82, 2.24) is 10.2 Å². The zero-order chi connectivity index (χ0) is 22.1. The number of dihydropyridines is 1. The fourth-order valence-electron chi connectivity index (χ4n) is 3.29. The number of esters is 1. The van der Waals surface area contributed by atoms with Crippen LogP contribution in [-0.2, 0) is 14.3 Å². The van der Waals surface area contributed by atoms with Crippen LogP contribution in [0.15, 0.2) is 64.9 Å². The van der Waals surface area contributed by atoms with Crippen LogP contribution in [0.3, 0.4) is 0 Å². The van der Waals surface area contributed by atoms with Crippen molar-refractivity contribution in [3.63, 3.8) is 0 Å². The van der Waals surface area contributed by atoms with E-state index in [0.29, 0.717) is 35.0 Å².